The van der Waals surface area contributed by atoms with E-state index < -0.39 is 9.84 Å². The maximum atomic E-state index is 11.6. The van der Waals surface area contributed by atoms with Crippen molar-refractivity contribution in [1.82, 2.24) is 5.32 Å². The fourth-order valence-corrected chi connectivity index (χ4v) is 3.05. The number of hydrogen-bond acceptors (Lipinski definition) is 3. The highest BCUT2D eigenvalue weighted by Crippen LogP contribution is 2.28. The standard InChI is InChI=1S/C14H23NO2S/c1-5-11(6-2)14(15-3)12-8-7-9-13(10-12)18(4,16)17/h7-11,14-15H,5-6H2,1-4H3. The van der Waals surface area contributed by atoms with E-state index in [9.17, 15) is 8.42 Å². The van der Waals surface area contributed by atoms with Gasteiger partial charge in [0, 0.05) is 12.3 Å². The van der Waals surface area contributed by atoms with E-state index in [0.29, 0.717) is 10.8 Å². The predicted molar refractivity (Wildman–Crippen MR) is 75.4 cm³/mol. The summed E-state index contributed by atoms with van der Waals surface area (Å²) < 4.78 is 23.2. The first kappa shape index (κ1) is 15.2. The van der Waals surface area contributed by atoms with Crippen molar-refractivity contribution >= 4 is 9.84 Å². The Morgan fingerprint density at radius 1 is 1.22 bits per heavy atom. The fraction of sp³-hybridized carbons (Fsp3) is 0.571. The smallest absolute Gasteiger partial charge is 0.175 e. The van der Waals surface area contributed by atoms with Gasteiger partial charge in [-0.1, -0.05) is 38.8 Å². The number of benzene rings is 1. The molecule has 102 valence electrons. The zero-order chi connectivity index (χ0) is 13.8. The second-order valence-corrected chi connectivity index (χ2v) is 6.70. The van der Waals surface area contributed by atoms with E-state index in [1.54, 1.807) is 12.1 Å². The van der Waals surface area contributed by atoms with Gasteiger partial charge in [-0.05, 0) is 30.7 Å². The molecular weight excluding hydrogens is 246 g/mol. The van der Waals surface area contributed by atoms with Gasteiger partial charge in [0.05, 0.1) is 4.90 Å². The molecular formula is C14H23NO2S. The molecule has 0 aliphatic heterocycles. The van der Waals surface area contributed by atoms with Crippen LogP contribution in [0, 0.1) is 5.92 Å². The van der Waals surface area contributed by atoms with Gasteiger partial charge >= 0.3 is 0 Å². The van der Waals surface area contributed by atoms with Gasteiger partial charge in [-0.15, -0.1) is 0 Å². The molecule has 1 rings (SSSR count). The summed E-state index contributed by atoms with van der Waals surface area (Å²) in [6, 6.07) is 7.46. The summed E-state index contributed by atoms with van der Waals surface area (Å²) in [5, 5.41) is 3.30. The van der Waals surface area contributed by atoms with Crippen LogP contribution in [0.4, 0.5) is 0 Å². The van der Waals surface area contributed by atoms with E-state index in [-0.39, 0.29) is 6.04 Å². The Kier molecular flexibility index (Phi) is 5.35. The molecule has 0 aromatic heterocycles. The minimum Gasteiger partial charge on any atom is -0.313 e. The second kappa shape index (κ2) is 6.34. The van der Waals surface area contributed by atoms with Gasteiger partial charge in [-0.25, -0.2) is 8.42 Å². The molecule has 0 amide bonds. The molecule has 0 saturated heterocycles. The van der Waals surface area contributed by atoms with Gasteiger partial charge < -0.3 is 5.32 Å². The van der Waals surface area contributed by atoms with Gasteiger partial charge in [0.1, 0.15) is 0 Å². The minimum atomic E-state index is -3.13. The van der Waals surface area contributed by atoms with Crippen LogP contribution in [0.15, 0.2) is 29.2 Å². The molecule has 1 unspecified atom stereocenters. The molecule has 0 spiro atoms. The first-order chi connectivity index (χ1) is 8.43. The largest absolute Gasteiger partial charge is 0.313 e. The summed E-state index contributed by atoms with van der Waals surface area (Å²) in [6.07, 6.45) is 3.40. The van der Waals surface area contributed by atoms with Crippen molar-refractivity contribution in [2.45, 2.75) is 37.6 Å². The first-order valence-electron chi connectivity index (χ1n) is 6.41. The predicted octanol–water partition coefficient (Wildman–Crippen LogP) is 2.79. The molecule has 0 fully saturated rings. The van der Waals surface area contributed by atoms with Crippen molar-refractivity contribution in [2.75, 3.05) is 13.3 Å². The van der Waals surface area contributed by atoms with Gasteiger partial charge in [0.2, 0.25) is 0 Å². The van der Waals surface area contributed by atoms with Crippen molar-refractivity contribution in [2.24, 2.45) is 5.92 Å². The Hall–Kier alpha value is -0.870. The zero-order valence-electron chi connectivity index (χ0n) is 11.6. The van der Waals surface area contributed by atoms with Crippen LogP contribution >= 0.6 is 0 Å². The van der Waals surface area contributed by atoms with Crippen molar-refractivity contribution in [1.29, 1.82) is 0 Å². The van der Waals surface area contributed by atoms with Crippen LogP contribution in [0.1, 0.15) is 38.3 Å². The van der Waals surface area contributed by atoms with Crippen molar-refractivity contribution in [3.8, 4) is 0 Å². The van der Waals surface area contributed by atoms with Gasteiger partial charge in [0.25, 0.3) is 0 Å². The van der Waals surface area contributed by atoms with Crippen LogP contribution in [0.3, 0.4) is 0 Å². The average molecular weight is 269 g/mol. The lowest BCUT2D eigenvalue weighted by Gasteiger charge is -2.25. The summed E-state index contributed by atoms with van der Waals surface area (Å²) in [5.74, 6) is 0.518. The van der Waals surface area contributed by atoms with Crippen molar-refractivity contribution in [3.05, 3.63) is 29.8 Å². The van der Waals surface area contributed by atoms with Crippen LogP contribution in [-0.2, 0) is 9.84 Å². The topological polar surface area (TPSA) is 46.2 Å². The van der Waals surface area contributed by atoms with Crippen LogP contribution in [0.2, 0.25) is 0 Å². The van der Waals surface area contributed by atoms with Gasteiger partial charge in [-0.3, -0.25) is 0 Å². The van der Waals surface area contributed by atoms with Crippen molar-refractivity contribution < 1.29 is 8.42 Å². The SMILES string of the molecule is CCC(CC)C(NC)c1cccc(S(C)(=O)=O)c1. The van der Waals surface area contributed by atoms with Crippen molar-refractivity contribution in [3.63, 3.8) is 0 Å². The Morgan fingerprint density at radius 3 is 2.28 bits per heavy atom. The Bertz CT molecular complexity index is 478. The van der Waals surface area contributed by atoms with Crippen LogP contribution in [0.25, 0.3) is 0 Å². The van der Waals surface area contributed by atoms with E-state index in [1.807, 2.05) is 19.2 Å². The summed E-state index contributed by atoms with van der Waals surface area (Å²) in [4.78, 5) is 0.395. The molecule has 0 aliphatic rings. The number of rotatable bonds is 6. The lowest BCUT2D eigenvalue weighted by atomic mass is 9.89. The third kappa shape index (κ3) is 3.56. The van der Waals surface area contributed by atoms with E-state index in [4.69, 9.17) is 0 Å². The van der Waals surface area contributed by atoms with E-state index in [2.05, 4.69) is 19.2 Å². The molecule has 0 bridgehead atoms. The third-order valence-electron chi connectivity index (χ3n) is 3.48. The number of nitrogens with one attached hydrogen (secondary N) is 1. The quantitative estimate of drug-likeness (QED) is 0.863. The molecule has 0 heterocycles. The summed E-state index contributed by atoms with van der Waals surface area (Å²) in [6.45, 7) is 4.33. The Morgan fingerprint density at radius 2 is 1.83 bits per heavy atom. The number of sulfone groups is 1. The van der Waals surface area contributed by atoms with Crippen LogP contribution in [-0.4, -0.2) is 21.7 Å². The third-order valence-corrected chi connectivity index (χ3v) is 4.59. The molecule has 1 N–H and O–H groups in total. The normalized spacial score (nSPS) is 13.8. The molecule has 1 atom stereocenters. The number of hydrogen-bond donors (Lipinski definition) is 1. The molecule has 0 saturated carbocycles. The lowest BCUT2D eigenvalue weighted by molar-refractivity contribution is 0.359. The summed E-state index contributed by atoms with van der Waals surface area (Å²) >= 11 is 0. The zero-order valence-corrected chi connectivity index (χ0v) is 12.4. The van der Waals surface area contributed by atoms with E-state index in [1.165, 1.54) is 6.26 Å². The monoisotopic (exact) mass is 269 g/mol. The molecule has 0 radical (unpaired) electrons. The fourth-order valence-electron chi connectivity index (χ4n) is 2.37. The molecule has 1 aromatic carbocycles. The molecule has 0 aliphatic carbocycles. The molecule has 3 nitrogen and oxygen atoms in total. The van der Waals surface area contributed by atoms with Crippen LogP contribution < -0.4 is 5.32 Å². The Labute approximate surface area is 111 Å². The summed E-state index contributed by atoms with van der Waals surface area (Å²) in [5.41, 5.74) is 1.05. The molecule has 4 heteroatoms. The van der Waals surface area contributed by atoms with E-state index >= 15 is 0 Å². The molecule has 1 aromatic rings. The maximum Gasteiger partial charge on any atom is 0.175 e. The maximum absolute atomic E-state index is 11.6. The average Bonchev–Trinajstić information content (AvgIpc) is 2.35. The Balaban J connectivity index is 3.15. The van der Waals surface area contributed by atoms with E-state index in [0.717, 1.165) is 18.4 Å². The highest BCUT2D eigenvalue weighted by Gasteiger charge is 2.19. The van der Waals surface area contributed by atoms with Crippen LogP contribution in [0.5, 0.6) is 0 Å². The summed E-state index contributed by atoms with van der Waals surface area (Å²) in [7, 11) is -1.21. The minimum absolute atomic E-state index is 0.210. The van der Waals surface area contributed by atoms with Gasteiger partial charge in [-0.2, -0.15) is 0 Å². The van der Waals surface area contributed by atoms with Gasteiger partial charge in [0.15, 0.2) is 9.84 Å². The molecule has 18 heavy (non-hydrogen) atoms. The lowest BCUT2D eigenvalue weighted by Crippen LogP contribution is -2.24. The first-order valence-corrected chi connectivity index (χ1v) is 8.30. The second-order valence-electron chi connectivity index (χ2n) is 4.69. The highest BCUT2D eigenvalue weighted by atomic mass is 32.2. The highest BCUT2D eigenvalue weighted by molar-refractivity contribution is 7.90.